The normalized spacial score (nSPS) is 12.9. The average Bonchev–Trinajstić information content (AvgIpc) is 2.64. The first kappa shape index (κ1) is 13.2. The van der Waals surface area contributed by atoms with Gasteiger partial charge in [-0.15, -0.1) is 0 Å². The summed E-state index contributed by atoms with van der Waals surface area (Å²) in [4.78, 5) is 4.20. The molecule has 0 aliphatic heterocycles. The molecule has 1 heterocycles. The van der Waals surface area contributed by atoms with Crippen LogP contribution in [0, 0.1) is 6.92 Å². The number of hydrogen-bond acceptors (Lipinski definition) is 3. The molecule has 0 fully saturated rings. The van der Waals surface area contributed by atoms with Crippen LogP contribution in [-0.2, 0) is 11.3 Å². The lowest BCUT2D eigenvalue weighted by molar-refractivity contribution is 0.172. The van der Waals surface area contributed by atoms with Crippen LogP contribution in [0.25, 0.3) is 0 Å². The van der Waals surface area contributed by atoms with Gasteiger partial charge in [0, 0.05) is 32.1 Å². The molecule has 0 saturated heterocycles. The maximum Gasteiger partial charge on any atom is 0.105 e. The number of nitrogens with zero attached hydrogens (tertiary/aromatic N) is 2. The van der Waals surface area contributed by atoms with E-state index in [9.17, 15) is 0 Å². The van der Waals surface area contributed by atoms with Gasteiger partial charge in [-0.05, 0) is 33.2 Å². The Hall–Kier alpha value is -0.870. The van der Waals surface area contributed by atoms with Gasteiger partial charge in [0.1, 0.15) is 5.82 Å². The van der Waals surface area contributed by atoms with E-state index in [1.165, 1.54) is 12.8 Å². The summed E-state index contributed by atoms with van der Waals surface area (Å²) in [6.07, 6.45) is 6.26. The third-order valence-corrected chi connectivity index (χ3v) is 2.66. The fourth-order valence-corrected chi connectivity index (χ4v) is 1.70. The van der Waals surface area contributed by atoms with Gasteiger partial charge in [0.2, 0.25) is 0 Å². The molecule has 1 N–H and O–H groups in total. The zero-order valence-electron chi connectivity index (χ0n) is 10.6. The van der Waals surface area contributed by atoms with Crippen molar-refractivity contribution in [1.29, 1.82) is 0 Å². The summed E-state index contributed by atoms with van der Waals surface area (Å²) in [5.74, 6) is 1.10. The van der Waals surface area contributed by atoms with Crippen molar-refractivity contribution in [3.05, 3.63) is 18.2 Å². The van der Waals surface area contributed by atoms with Gasteiger partial charge in [0.25, 0.3) is 0 Å². The first-order valence-corrected chi connectivity index (χ1v) is 5.94. The molecule has 0 amide bonds. The molecule has 0 bridgehead atoms. The van der Waals surface area contributed by atoms with Crippen molar-refractivity contribution in [2.75, 3.05) is 20.3 Å². The van der Waals surface area contributed by atoms with E-state index in [2.05, 4.69) is 21.8 Å². The maximum absolute atomic E-state index is 5.06. The summed E-state index contributed by atoms with van der Waals surface area (Å²) in [5, 5.41) is 3.43. The van der Waals surface area contributed by atoms with E-state index in [-0.39, 0.29) is 0 Å². The second kappa shape index (κ2) is 7.41. The van der Waals surface area contributed by atoms with Crippen molar-refractivity contribution in [1.82, 2.24) is 14.9 Å². The molecule has 0 aliphatic rings. The van der Waals surface area contributed by atoms with E-state index < -0.39 is 0 Å². The van der Waals surface area contributed by atoms with Crippen LogP contribution in [0.1, 0.15) is 25.6 Å². The van der Waals surface area contributed by atoms with Crippen LogP contribution in [-0.4, -0.2) is 35.9 Å². The number of nitrogens with one attached hydrogen (secondary N) is 1. The Morgan fingerprint density at radius 3 is 2.94 bits per heavy atom. The van der Waals surface area contributed by atoms with Crippen molar-refractivity contribution in [2.45, 2.75) is 39.3 Å². The van der Waals surface area contributed by atoms with Crippen LogP contribution in [0.5, 0.6) is 0 Å². The Morgan fingerprint density at radius 2 is 2.31 bits per heavy atom. The predicted octanol–water partition coefficient (Wildman–Crippen LogP) is 1.60. The standard InChI is InChI=1S/C12H23N3O/c1-11(10-16-3)13-6-4-5-8-15-9-7-14-12(15)2/h7,9,11,13H,4-6,8,10H2,1-3H3. The minimum Gasteiger partial charge on any atom is -0.383 e. The summed E-state index contributed by atoms with van der Waals surface area (Å²) >= 11 is 0. The number of unbranched alkanes of at least 4 members (excludes halogenated alkanes) is 1. The van der Waals surface area contributed by atoms with E-state index in [4.69, 9.17) is 4.74 Å². The number of methoxy groups -OCH3 is 1. The number of hydrogen-bond donors (Lipinski definition) is 1. The summed E-state index contributed by atoms with van der Waals surface area (Å²) in [7, 11) is 1.74. The van der Waals surface area contributed by atoms with E-state index in [1.54, 1.807) is 7.11 Å². The van der Waals surface area contributed by atoms with E-state index >= 15 is 0 Å². The monoisotopic (exact) mass is 225 g/mol. The lowest BCUT2D eigenvalue weighted by Gasteiger charge is -2.12. The fourth-order valence-electron chi connectivity index (χ4n) is 1.70. The first-order chi connectivity index (χ1) is 7.74. The van der Waals surface area contributed by atoms with Gasteiger partial charge in [-0.3, -0.25) is 0 Å². The lowest BCUT2D eigenvalue weighted by Crippen LogP contribution is -2.30. The lowest BCUT2D eigenvalue weighted by atomic mass is 10.3. The van der Waals surface area contributed by atoms with Crippen molar-refractivity contribution in [3.63, 3.8) is 0 Å². The minimum absolute atomic E-state index is 0.444. The van der Waals surface area contributed by atoms with Crippen LogP contribution in [0.15, 0.2) is 12.4 Å². The number of rotatable bonds is 8. The molecule has 1 unspecified atom stereocenters. The van der Waals surface area contributed by atoms with Crippen LogP contribution in [0.4, 0.5) is 0 Å². The highest BCUT2D eigenvalue weighted by Gasteiger charge is 1.99. The molecule has 0 saturated carbocycles. The van der Waals surface area contributed by atoms with Gasteiger partial charge >= 0.3 is 0 Å². The topological polar surface area (TPSA) is 39.1 Å². The average molecular weight is 225 g/mol. The van der Waals surface area contributed by atoms with Gasteiger partial charge < -0.3 is 14.6 Å². The zero-order chi connectivity index (χ0) is 11.8. The molecule has 0 spiro atoms. The molecular formula is C12H23N3O. The third-order valence-electron chi connectivity index (χ3n) is 2.66. The molecule has 92 valence electrons. The number of aromatic nitrogens is 2. The van der Waals surface area contributed by atoms with Crippen molar-refractivity contribution in [2.24, 2.45) is 0 Å². The minimum atomic E-state index is 0.444. The zero-order valence-corrected chi connectivity index (χ0v) is 10.6. The number of ether oxygens (including phenoxy) is 1. The summed E-state index contributed by atoms with van der Waals surface area (Å²) in [6, 6.07) is 0.444. The number of imidazole rings is 1. The van der Waals surface area contributed by atoms with Gasteiger partial charge in [0.05, 0.1) is 6.61 Å². The third kappa shape index (κ3) is 4.77. The second-order valence-corrected chi connectivity index (χ2v) is 4.19. The molecule has 1 rings (SSSR count). The molecule has 4 nitrogen and oxygen atoms in total. The molecule has 0 radical (unpaired) electrons. The van der Waals surface area contributed by atoms with Crippen LogP contribution >= 0.6 is 0 Å². The molecule has 1 aromatic heterocycles. The second-order valence-electron chi connectivity index (χ2n) is 4.19. The quantitative estimate of drug-likeness (QED) is 0.683. The molecule has 1 aromatic rings. The maximum atomic E-state index is 5.06. The van der Waals surface area contributed by atoms with Crippen LogP contribution < -0.4 is 5.32 Å². The summed E-state index contributed by atoms with van der Waals surface area (Å²) < 4.78 is 7.25. The molecule has 16 heavy (non-hydrogen) atoms. The van der Waals surface area contributed by atoms with E-state index in [0.29, 0.717) is 6.04 Å². The highest BCUT2D eigenvalue weighted by atomic mass is 16.5. The Kier molecular flexibility index (Phi) is 6.11. The van der Waals surface area contributed by atoms with Gasteiger partial charge in [-0.1, -0.05) is 0 Å². The van der Waals surface area contributed by atoms with Gasteiger partial charge in [-0.25, -0.2) is 4.98 Å². The first-order valence-electron chi connectivity index (χ1n) is 5.94. The smallest absolute Gasteiger partial charge is 0.105 e. The van der Waals surface area contributed by atoms with Gasteiger partial charge in [-0.2, -0.15) is 0 Å². The Balaban J connectivity index is 2.02. The van der Waals surface area contributed by atoms with Crippen LogP contribution in [0.2, 0.25) is 0 Å². The fraction of sp³-hybridized carbons (Fsp3) is 0.750. The van der Waals surface area contributed by atoms with Crippen molar-refractivity contribution in [3.8, 4) is 0 Å². The molecule has 1 atom stereocenters. The highest BCUT2D eigenvalue weighted by Crippen LogP contribution is 1.99. The summed E-state index contributed by atoms with van der Waals surface area (Å²) in [6.45, 7) is 7.08. The molecule has 0 aliphatic carbocycles. The van der Waals surface area contributed by atoms with Crippen LogP contribution in [0.3, 0.4) is 0 Å². The Morgan fingerprint density at radius 1 is 1.50 bits per heavy atom. The molecular weight excluding hydrogens is 202 g/mol. The highest BCUT2D eigenvalue weighted by molar-refractivity contribution is 4.87. The Bertz CT molecular complexity index is 286. The SMILES string of the molecule is COCC(C)NCCCCn1ccnc1C. The van der Waals surface area contributed by atoms with E-state index in [0.717, 1.165) is 25.5 Å². The predicted molar refractivity (Wildman–Crippen MR) is 65.5 cm³/mol. The van der Waals surface area contributed by atoms with Crippen molar-refractivity contribution >= 4 is 0 Å². The van der Waals surface area contributed by atoms with E-state index in [1.807, 2.05) is 19.3 Å². The van der Waals surface area contributed by atoms with Gasteiger partial charge in [0.15, 0.2) is 0 Å². The number of aryl methyl sites for hydroxylation is 2. The molecule has 4 heteroatoms. The Labute approximate surface area is 98.0 Å². The largest absolute Gasteiger partial charge is 0.383 e. The van der Waals surface area contributed by atoms with Crippen molar-refractivity contribution < 1.29 is 4.74 Å². The molecule has 0 aromatic carbocycles. The summed E-state index contributed by atoms with van der Waals surface area (Å²) in [5.41, 5.74) is 0.